The maximum Gasteiger partial charge on any atom is -0.0176 e. The molecule has 0 radical (unpaired) electrons. The monoisotopic (exact) mass is 530 g/mol. The molecule has 3 aromatic carbocycles. The molecule has 3 aromatic rings. The molecule has 0 bridgehead atoms. The van der Waals surface area contributed by atoms with Gasteiger partial charge in [0.2, 0.25) is 0 Å². The van der Waals surface area contributed by atoms with E-state index in [1.54, 1.807) is 0 Å². The van der Waals surface area contributed by atoms with Crippen LogP contribution in [0.3, 0.4) is 0 Å². The van der Waals surface area contributed by atoms with Crippen molar-refractivity contribution in [2.45, 2.75) is 51.4 Å². The highest BCUT2D eigenvalue weighted by Gasteiger charge is 2.30. The molecule has 0 saturated heterocycles. The molecule has 1 atom stereocenters. The first-order valence-corrected chi connectivity index (χ1v) is 11.9. The van der Waals surface area contributed by atoms with E-state index in [9.17, 15) is 0 Å². The van der Waals surface area contributed by atoms with Crippen molar-refractivity contribution in [2.75, 3.05) is 6.16 Å². The third-order valence-electron chi connectivity index (χ3n) is 5.93. The third-order valence-corrected chi connectivity index (χ3v) is 6.34. The summed E-state index contributed by atoms with van der Waals surface area (Å²) in [5.74, 6) is 0. The van der Waals surface area contributed by atoms with Crippen molar-refractivity contribution in [1.82, 2.24) is 0 Å². The Kier molecular flexibility index (Phi) is 11.7. The van der Waals surface area contributed by atoms with Crippen LogP contribution >= 0.6 is 33.2 Å². The second kappa shape index (κ2) is 14.0. The maximum atomic E-state index is 2.86. The molecule has 0 aliphatic rings. The molecule has 0 aromatic heterocycles. The minimum absolute atomic E-state index is 0. The van der Waals surface area contributed by atoms with E-state index in [2.05, 4.69) is 100 Å². The van der Waals surface area contributed by atoms with Crippen molar-refractivity contribution in [3.05, 3.63) is 108 Å². The molecule has 0 spiro atoms. The molecule has 0 heterocycles. The standard InChI is InChI=1S/C28H35P.HI/c29-21-13-2-1-12-20-28(22-25-14-6-3-7-15-25,23-26-16-8-4-9-17-26)24-27-18-10-5-11-19-27;/h3-11,14-19H,1-2,12-13,20-24,29H2;1H. The lowest BCUT2D eigenvalue weighted by atomic mass is 9.69. The van der Waals surface area contributed by atoms with Crippen molar-refractivity contribution in [3.63, 3.8) is 0 Å². The third kappa shape index (κ3) is 8.52. The summed E-state index contributed by atoms with van der Waals surface area (Å²) < 4.78 is 0. The fourth-order valence-corrected chi connectivity index (χ4v) is 4.83. The molecule has 0 amide bonds. The van der Waals surface area contributed by atoms with E-state index >= 15 is 0 Å². The highest BCUT2D eigenvalue weighted by atomic mass is 127. The van der Waals surface area contributed by atoms with Gasteiger partial charge < -0.3 is 0 Å². The fourth-order valence-electron chi connectivity index (χ4n) is 4.54. The van der Waals surface area contributed by atoms with E-state index in [-0.39, 0.29) is 29.4 Å². The van der Waals surface area contributed by atoms with Gasteiger partial charge in [-0.25, -0.2) is 0 Å². The predicted molar refractivity (Wildman–Crippen MR) is 146 cm³/mol. The summed E-state index contributed by atoms with van der Waals surface area (Å²) in [7, 11) is 2.86. The Labute approximate surface area is 203 Å². The van der Waals surface area contributed by atoms with E-state index in [1.165, 1.54) is 55.0 Å². The molecule has 0 fully saturated rings. The first-order chi connectivity index (χ1) is 14.3. The van der Waals surface area contributed by atoms with Crippen LogP contribution in [0.15, 0.2) is 91.0 Å². The van der Waals surface area contributed by atoms with E-state index in [1.807, 2.05) is 0 Å². The van der Waals surface area contributed by atoms with Crippen LogP contribution < -0.4 is 0 Å². The van der Waals surface area contributed by atoms with E-state index in [0.29, 0.717) is 0 Å². The number of unbranched alkanes of at least 4 members (excludes halogenated alkanes) is 3. The van der Waals surface area contributed by atoms with Gasteiger partial charge in [0.25, 0.3) is 0 Å². The second-order valence-corrected chi connectivity index (χ2v) is 9.02. The first kappa shape index (κ1) is 25.1. The normalized spacial score (nSPS) is 11.1. The highest BCUT2D eigenvalue weighted by molar-refractivity contribution is 14.0. The molecule has 0 nitrogen and oxygen atoms in total. The van der Waals surface area contributed by atoms with E-state index < -0.39 is 0 Å². The lowest BCUT2D eigenvalue weighted by molar-refractivity contribution is 0.244. The molecule has 160 valence electrons. The van der Waals surface area contributed by atoms with E-state index in [4.69, 9.17) is 0 Å². The van der Waals surface area contributed by atoms with Gasteiger partial charge in [-0.15, -0.1) is 33.2 Å². The Balaban J connectivity index is 0.00000320. The van der Waals surface area contributed by atoms with Gasteiger partial charge in [-0.2, -0.15) is 0 Å². The largest absolute Gasteiger partial charge is 0.138 e. The van der Waals surface area contributed by atoms with Crippen molar-refractivity contribution < 1.29 is 0 Å². The summed E-state index contributed by atoms with van der Waals surface area (Å²) in [5.41, 5.74) is 4.64. The number of halogens is 1. The molecule has 3 rings (SSSR count). The van der Waals surface area contributed by atoms with Crippen LogP contribution in [0.1, 0.15) is 48.8 Å². The van der Waals surface area contributed by atoms with Gasteiger partial charge in [0.05, 0.1) is 0 Å². The lowest BCUT2D eigenvalue weighted by Crippen LogP contribution is -2.30. The first-order valence-electron chi connectivity index (χ1n) is 11.1. The van der Waals surface area contributed by atoms with Gasteiger partial charge in [-0.05, 0) is 60.4 Å². The van der Waals surface area contributed by atoms with Gasteiger partial charge in [-0.3, -0.25) is 0 Å². The summed E-state index contributed by atoms with van der Waals surface area (Å²) in [6, 6.07) is 33.3. The minimum Gasteiger partial charge on any atom is -0.138 e. The van der Waals surface area contributed by atoms with Crippen LogP contribution in [0.25, 0.3) is 0 Å². The summed E-state index contributed by atoms with van der Waals surface area (Å²) in [6.07, 6.45) is 11.3. The summed E-state index contributed by atoms with van der Waals surface area (Å²) in [5, 5.41) is 0. The molecular weight excluding hydrogens is 494 g/mol. The zero-order valence-corrected chi connectivity index (χ0v) is 21.5. The molecule has 0 saturated carbocycles. The average molecular weight is 530 g/mol. The molecular formula is C28H36IP. The molecule has 1 unspecified atom stereocenters. The molecule has 0 aliphatic carbocycles. The van der Waals surface area contributed by atoms with Crippen LogP contribution in [-0.2, 0) is 19.3 Å². The predicted octanol–water partition coefficient (Wildman–Crippen LogP) is 8.14. The van der Waals surface area contributed by atoms with Crippen molar-refractivity contribution in [2.24, 2.45) is 5.41 Å². The SMILES string of the molecule is I.PCCCCCCC(Cc1ccccc1)(Cc1ccccc1)Cc1ccccc1. The zero-order valence-electron chi connectivity index (χ0n) is 18.0. The number of benzene rings is 3. The Bertz CT molecular complexity index is 700. The van der Waals surface area contributed by atoms with Crippen molar-refractivity contribution in [3.8, 4) is 0 Å². The van der Waals surface area contributed by atoms with Crippen molar-refractivity contribution in [1.29, 1.82) is 0 Å². The van der Waals surface area contributed by atoms with Crippen LogP contribution in [0.5, 0.6) is 0 Å². The molecule has 0 N–H and O–H groups in total. The van der Waals surface area contributed by atoms with Gasteiger partial charge in [0.1, 0.15) is 0 Å². The average Bonchev–Trinajstić information content (AvgIpc) is 2.76. The highest BCUT2D eigenvalue weighted by Crippen LogP contribution is 2.37. The Morgan fingerprint density at radius 1 is 0.500 bits per heavy atom. The quantitative estimate of drug-likeness (QED) is 0.126. The lowest BCUT2D eigenvalue weighted by Gasteiger charge is -2.35. The molecule has 30 heavy (non-hydrogen) atoms. The zero-order chi connectivity index (χ0) is 20.2. The number of rotatable bonds is 12. The van der Waals surface area contributed by atoms with Crippen LogP contribution in [0, 0.1) is 5.41 Å². The Hall–Kier alpha value is -1.18. The van der Waals surface area contributed by atoms with Crippen LogP contribution in [0.2, 0.25) is 0 Å². The Morgan fingerprint density at radius 2 is 0.867 bits per heavy atom. The summed E-state index contributed by atoms with van der Waals surface area (Å²) >= 11 is 0. The molecule has 0 aliphatic heterocycles. The Morgan fingerprint density at radius 3 is 1.23 bits per heavy atom. The second-order valence-electron chi connectivity index (χ2n) is 8.44. The van der Waals surface area contributed by atoms with Crippen LogP contribution in [-0.4, -0.2) is 6.16 Å². The number of hydrogen-bond donors (Lipinski definition) is 0. The minimum atomic E-state index is 0. The topological polar surface area (TPSA) is 0 Å². The summed E-state index contributed by atoms with van der Waals surface area (Å²) in [6.45, 7) is 0. The molecule has 2 heteroatoms. The van der Waals surface area contributed by atoms with Gasteiger partial charge in [0, 0.05) is 0 Å². The van der Waals surface area contributed by atoms with Gasteiger partial charge in [-0.1, -0.05) is 110 Å². The van der Waals surface area contributed by atoms with Crippen molar-refractivity contribution >= 4 is 33.2 Å². The van der Waals surface area contributed by atoms with Gasteiger partial charge in [0.15, 0.2) is 0 Å². The van der Waals surface area contributed by atoms with E-state index in [0.717, 1.165) is 19.3 Å². The summed E-state index contributed by atoms with van der Waals surface area (Å²) in [4.78, 5) is 0. The smallest absolute Gasteiger partial charge is 0.0176 e. The maximum absolute atomic E-state index is 2.86. The van der Waals surface area contributed by atoms with Crippen LogP contribution in [0.4, 0.5) is 0 Å². The van der Waals surface area contributed by atoms with Gasteiger partial charge >= 0.3 is 0 Å². The fraction of sp³-hybridized carbons (Fsp3) is 0.357. The number of hydrogen-bond acceptors (Lipinski definition) is 0.